The third-order valence-electron chi connectivity index (χ3n) is 2.81. The summed E-state index contributed by atoms with van der Waals surface area (Å²) in [6.07, 6.45) is 2.71. The first-order valence-electron chi connectivity index (χ1n) is 6.86. The SMILES string of the molecule is CCCOc1ncnc(Oc2ccccc2CCO)c1N. The Morgan fingerprint density at radius 2 is 1.95 bits per heavy atom. The van der Waals surface area contributed by atoms with Crippen LogP contribution in [0.5, 0.6) is 17.5 Å². The summed E-state index contributed by atoms with van der Waals surface area (Å²) in [6.45, 7) is 2.58. The molecular weight excluding hydrogens is 270 g/mol. The van der Waals surface area contributed by atoms with E-state index in [9.17, 15) is 0 Å². The molecule has 3 N–H and O–H groups in total. The highest BCUT2D eigenvalue weighted by Crippen LogP contribution is 2.32. The molecule has 6 heteroatoms. The van der Waals surface area contributed by atoms with Crippen molar-refractivity contribution >= 4 is 5.69 Å². The van der Waals surface area contributed by atoms with Crippen molar-refractivity contribution in [2.75, 3.05) is 18.9 Å². The van der Waals surface area contributed by atoms with E-state index in [-0.39, 0.29) is 18.2 Å². The van der Waals surface area contributed by atoms with Crippen LogP contribution in [0.2, 0.25) is 0 Å². The molecule has 0 saturated carbocycles. The molecule has 21 heavy (non-hydrogen) atoms. The molecule has 1 aromatic heterocycles. The van der Waals surface area contributed by atoms with Crippen LogP contribution < -0.4 is 15.2 Å². The van der Waals surface area contributed by atoms with Crippen molar-refractivity contribution in [1.29, 1.82) is 0 Å². The Kier molecular flexibility index (Phi) is 5.34. The topological polar surface area (TPSA) is 90.5 Å². The van der Waals surface area contributed by atoms with Gasteiger partial charge < -0.3 is 20.3 Å². The van der Waals surface area contributed by atoms with Crippen LogP contribution in [-0.4, -0.2) is 28.3 Å². The van der Waals surface area contributed by atoms with Gasteiger partial charge in [0.1, 0.15) is 12.1 Å². The predicted molar refractivity (Wildman–Crippen MR) is 79.5 cm³/mol. The van der Waals surface area contributed by atoms with E-state index in [1.165, 1.54) is 6.33 Å². The quantitative estimate of drug-likeness (QED) is 0.812. The number of hydrogen-bond donors (Lipinski definition) is 2. The third kappa shape index (κ3) is 3.82. The number of aromatic nitrogens is 2. The summed E-state index contributed by atoms with van der Waals surface area (Å²) < 4.78 is 11.2. The zero-order chi connectivity index (χ0) is 15.1. The molecule has 0 aliphatic carbocycles. The number of ether oxygens (including phenoxy) is 2. The van der Waals surface area contributed by atoms with Crippen LogP contribution >= 0.6 is 0 Å². The standard InChI is InChI=1S/C15H19N3O3/c1-2-9-20-14-13(16)15(18-10-17-14)21-12-6-4-3-5-11(12)7-8-19/h3-6,10,19H,2,7-9,16H2,1H3. The van der Waals surface area contributed by atoms with Crippen LogP contribution in [0.3, 0.4) is 0 Å². The molecule has 0 bridgehead atoms. The van der Waals surface area contributed by atoms with E-state index in [0.29, 0.717) is 24.7 Å². The molecule has 0 atom stereocenters. The van der Waals surface area contributed by atoms with Crippen LogP contribution in [0, 0.1) is 0 Å². The monoisotopic (exact) mass is 289 g/mol. The lowest BCUT2D eigenvalue weighted by atomic mass is 10.1. The summed E-state index contributed by atoms with van der Waals surface area (Å²) in [5.41, 5.74) is 7.12. The highest BCUT2D eigenvalue weighted by molar-refractivity contribution is 5.57. The van der Waals surface area contributed by atoms with Gasteiger partial charge in [0.2, 0.25) is 11.8 Å². The Labute approximate surface area is 123 Å². The van der Waals surface area contributed by atoms with E-state index in [2.05, 4.69) is 9.97 Å². The normalized spacial score (nSPS) is 10.4. The van der Waals surface area contributed by atoms with Gasteiger partial charge in [-0.3, -0.25) is 0 Å². The van der Waals surface area contributed by atoms with E-state index < -0.39 is 0 Å². The van der Waals surface area contributed by atoms with Crippen LogP contribution in [0.25, 0.3) is 0 Å². The molecule has 1 aromatic carbocycles. The minimum atomic E-state index is 0.0461. The Morgan fingerprint density at radius 1 is 1.19 bits per heavy atom. The number of hydrogen-bond acceptors (Lipinski definition) is 6. The summed E-state index contributed by atoms with van der Waals surface area (Å²) in [6, 6.07) is 7.43. The number of nitrogens with two attached hydrogens (primary N) is 1. The van der Waals surface area contributed by atoms with E-state index in [4.69, 9.17) is 20.3 Å². The molecule has 0 radical (unpaired) electrons. The van der Waals surface area contributed by atoms with Gasteiger partial charge in [-0.1, -0.05) is 25.1 Å². The van der Waals surface area contributed by atoms with Crippen molar-refractivity contribution in [2.24, 2.45) is 0 Å². The Morgan fingerprint density at radius 3 is 2.71 bits per heavy atom. The summed E-state index contributed by atoms with van der Waals surface area (Å²) in [4.78, 5) is 8.04. The number of nitrogens with zero attached hydrogens (tertiary/aromatic N) is 2. The highest BCUT2D eigenvalue weighted by atomic mass is 16.5. The molecule has 2 rings (SSSR count). The molecule has 0 saturated heterocycles. The van der Waals surface area contributed by atoms with Gasteiger partial charge in [-0.15, -0.1) is 0 Å². The molecule has 0 fully saturated rings. The van der Waals surface area contributed by atoms with Crippen LogP contribution in [0.1, 0.15) is 18.9 Å². The maximum absolute atomic E-state index is 9.08. The Balaban J connectivity index is 2.23. The number of anilines is 1. The molecule has 0 amide bonds. The van der Waals surface area contributed by atoms with Gasteiger partial charge in [0.05, 0.1) is 6.61 Å². The van der Waals surface area contributed by atoms with Crippen molar-refractivity contribution in [3.63, 3.8) is 0 Å². The number of aliphatic hydroxyl groups is 1. The van der Waals surface area contributed by atoms with Crippen molar-refractivity contribution in [3.8, 4) is 17.5 Å². The van der Waals surface area contributed by atoms with Crippen LogP contribution in [-0.2, 0) is 6.42 Å². The molecular formula is C15H19N3O3. The molecule has 0 spiro atoms. The first-order valence-corrected chi connectivity index (χ1v) is 6.86. The van der Waals surface area contributed by atoms with Gasteiger partial charge in [0, 0.05) is 6.61 Å². The lowest BCUT2D eigenvalue weighted by Gasteiger charge is -2.12. The summed E-state index contributed by atoms with van der Waals surface area (Å²) in [5, 5.41) is 9.08. The number of aliphatic hydroxyl groups excluding tert-OH is 1. The molecule has 0 aliphatic heterocycles. The van der Waals surface area contributed by atoms with Crippen molar-refractivity contribution < 1.29 is 14.6 Å². The van der Waals surface area contributed by atoms with Gasteiger partial charge >= 0.3 is 0 Å². The number of para-hydroxylation sites is 1. The van der Waals surface area contributed by atoms with Crippen molar-refractivity contribution in [3.05, 3.63) is 36.2 Å². The van der Waals surface area contributed by atoms with Gasteiger partial charge in [0.15, 0.2) is 5.69 Å². The van der Waals surface area contributed by atoms with Crippen LogP contribution in [0.4, 0.5) is 5.69 Å². The van der Waals surface area contributed by atoms with Crippen molar-refractivity contribution in [1.82, 2.24) is 9.97 Å². The third-order valence-corrected chi connectivity index (χ3v) is 2.81. The molecule has 6 nitrogen and oxygen atoms in total. The molecule has 0 unspecified atom stereocenters. The molecule has 2 aromatic rings. The molecule has 1 heterocycles. The average Bonchev–Trinajstić information content (AvgIpc) is 2.50. The minimum Gasteiger partial charge on any atom is -0.476 e. The maximum Gasteiger partial charge on any atom is 0.249 e. The second-order valence-electron chi connectivity index (χ2n) is 4.43. The number of nitrogen functional groups attached to an aromatic ring is 1. The zero-order valence-corrected chi connectivity index (χ0v) is 12.0. The lowest BCUT2D eigenvalue weighted by molar-refractivity contribution is 0.297. The van der Waals surface area contributed by atoms with Gasteiger partial charge in [0.25, 0.3) is 0 Å². The summed E-state index contributed by atoms with van der Waals surface area (Å²) in [7, 11) is 0. The first-order chi connectivity index (χ1) is 10.3. The zero-order valence-electron chi connectivity index (χ0n) is 12.0. The van der Waals surface area contributed by atoms with Crippen LogP contribution in [0.15, 0.2) is 30.6 Å². The van der Waals surface area contributed by atoms with Crippen molar-refractivity contribution in [2.45, 2.75) is 19.8 Å². The maximum atomic E-state index is 9.08. The summed E-state index contributed by atoms with van der Waals surface area (Å²) >= 11 is 0. The van der Waals surface area contributed by atoms with Gasteiger partial charge in [-0.25, -0.2) is 0 Å². The second kappa shape index (κ2) is 7.44. The first kappa shape index (κ1) is 15.1. The molecule has 0 aliphatic rings. The van der Waals surface area contributed by atoms with E-state index >= 15 is 0 Å². The fourth-order valence-corrected chi connectivity index (χ4v) is 1.79. The highest BCUT2D eigenvalue weighted by Gasteiger charge is 2.13. The Hall–Kier alpha value is -2.34. The van der Waals surface area contributed by atoms with Gasteiger partial charge in [-0.2, -0.15) is 9.97 Å². The predicted octanol–water partition coefficient (Wildman–Crippen LogP) is 2.17. The fourth-order valence-electron chi connectivity index (χ4n) is 1.79. The van der Waals surface area contributed by atoms with E-state index in [0.717, 1.165) is 12.0 Å². The smallest absolute Gasteiger partial charge is 0.249 e. The van der Waals surface area contributed by atoms with E-state index in [1.807, 2.05) is 25.1 Å². The van der Waals surface area contributed by atoms with E-state index in [1.54, 1.807) is 6.07 Å². The largest absolute Gasteiger partial charge is 0.476 e. The Bertz CT molecular complexity index is 590. The minimum absolute atomic E-state index is 0.0461. The summed E-state index contributed by atoms with van der Waals surface area (Å²) in [5.74, 6) is 1.18. The fraction of sp³-hybridized carbons (Fsp3) is 0.333. The number of rotatable bonds is 7. The van der Waals surface area contributed by atoms with Gasteiger partial charge in [-0.05, 0) is 24.5 Å². The second-order valence-corrected chi connectivity index (χ2v) is 4.43. The average molecular weight is 289 g/mol. The lowest BCUT2D eigenvalue weighted by Crippen LogP contribution is -2.05. The number of benzene rings is 1. The molecule has 112 valence electrons.